The van der Waals surface area contributed by atoms with Crippen molar-refractivity contribution in [3.05, 3.63) is 136 Å². The number of benzene rings is 4. The molecule has 0 fully saturated rings. The Morgan fingerprint density at radius 1 is 0.545 bits per heavy atom. The summed E-state index contributed by atoms with van der Waals surface area (Å²) in [5, 5.41) is 1.59. The highest BCUT2D eigenvalue weighted by Gasteiger charge is 2.52. The topological polar surface area (TPSA) is 0 Å². The molecule has 33 heavy (non-hydrogen) atoms. The first-order valence-corrected chi connectivity index (χ1v) is 14.8. The van der Waals surface area contributed by atoms with Crippen LogP contribution >= 0.6 is 7.26 Å². The van der Waals surface area contributed by atoms with Gasteiger partial charge in [0.05, 0.1) is 31.1 Å². The zero-order chi connectivity index (χ0) is 21.9. The number of rotatable bonds is 3. The lowest BCUT2D eigenvalue weighted by atomic mass is 9.73. The Balaban J connectivity index is 1.52. The standard InChI is InChI=1S/C32H30P/c1-3-9-24(10-4-1)21-33(29-15-5-2-6-16-29)22-27-13-7-11-25-17-19-32(30(25)27)20-18-26-12-8-14-28(23-33)31(26)32/h1-16H,17-23H2/q+1. The van der Waals surface area contributed by atoms with Crippen molar-refractivity contribution in [1.29, 1.82) is 0 Å². The average molecular weight is 446 g/mol. The summed E-state index contributed by atoms with van der Waals surface area (Å²) in [5.74, 6) is 0. The van der Waals surface area contributed by atoms with E-state index >= 15 is 0 Å². The third kappa shape index (κ3) is 2.93. The first-order valence-electron chi connectivity index (χ1n) is 12.5. The van der Waals surface area contributed by atoms with Crippen LogP contribution in [0.1, 0.15) is 51.8 Å². The predicted molar refractivity (Wildman–Crippen MR) is 141 cm³/mol. The van der Waals surface area contributed by atoms with E-state index in [4.69, 9.17) is 0 Å². The maximum absolute atomic E-state index is 2.49. The van der Waals surface area contributed by atoms with Crippen molar-refractivity contribution in [3.63, 3.8) is 0 Å². The average Bonchev–Trinajstić information content (AvgIpc) is 3.42. The lowest BCUT2D eigenvalue weighted by molar-refractivity contribution is 0.501. The van der Waals surface area contributed by atoms with E-state index in [0.717, 1.165) is 0 Å². The second kappa shape index (κ2) is 7.41. The fourth-order valence-electron chi connectivity index (χ4n) is 7.43. The minimum atomic E-state index is -1.54. The monoisotopic (exact) mass is 445 g/mol. The van der Waals surface area contributed by atoms with Crippen molar-refractivity contribution in [1.82, 2.24) is 0 Å². The molecule has 162 valence electrons. The Hall–Kier alpha value is -2.69. The van der Waals surface area contributed by atoms with Crippen LogP contribution in [-0.2, 0) is 36.7 Å². The van der Waals surface area contributed by atoms with Crippen molar-refractivity contribution >= 4 is 12.6 Å². The second-order valence-electron chi connectivity index (χ2n) is 10.4. The molecule has 0 amide bonds. The van der Waals surface area contributed by atoms with Crippen LogP contribution < -0.4 is 5.30 Å². The lowest BCUT2D eigenvalue weighted by Gasteiger charge is -2.37. The van der Waals surface area contributed by atoms with E-state index in [1.807, 2.05) is 0 Å². The highest BCUT2D eigenvalue weighted by molar-refractivity contribution is 7.80. The van der Waals surface area contributed by atoms with E-state index in [2.05, 4.69) is 97.1 Å². The van der Waals surface area contributed by atoms with Gasteiger partial charge in [0.15, 0.2) is 0 Å². The van der Waals surface area contributed by atoms with Crippen molar-refractivity contribution < 1.29 is 0 Å². The smallest absolute Gasteiger partial charge is 0.0622 e. The molecule has 0 saturated heterocycles. The van der Waals surface area contributed by atoms with Gasteiger partial charge in [0, 0.05) is 5.41 Å². The van der Waals surface area contributed by atoms with E-state index in [0.29, 0.717) is 0 Å². The third-order valence-corrected chi connectivity index (χ3v) is 12.9. The van der Waals surface area contributed by atoms with Gasteiger partial charge in [0.1, 0.15) is 0 Å². The normalized spacial score (nSPS) is 18.8. The molecule has 0 N–H and O–H groups in total. The largest absolute Gasteiger partial charge is 0.0950 e. The molecule has 4 aromatic carbocycles. The highest BCUT2D eigenvalue weighted by atomic mass is 31.2. The summed E-state index contributed by atoms with van der Waals surface area (Å²) in [7, 11) is -1.54. The Kier molecular flexibility index (Phi) is 4.43. The Labute approximate surface area is 198 Å². The van der Waals surface area contributed by atoms with Gasteiger partial charge in [0.25, 0.3) is 0 Å². The quantitative estimate of drug-likeness (QED) is 0.288. The van der Waals surface area contributed by atoms with Crippen LogP contribution in [0, 0.1) is 0 Å². The van der Waals surface area contributed by atoms with E-state index in [1.54, 1.807) is 38.7 Å². The van der Waals surface area contributed by atoms with Crippen LogP contribution in [0.3, 0.4) is 0 Å². The van der Waals surface area contributed by atoms with E-state index in [9.17, 15) is 0 Å². The van der Waals surface area contributed by atoms with E-state index in [1.165, 1.54) is 49.7 Å². The maximum atomic E-state index is 2.49. The Morgan fingerprint density at radius 2 is 1.06 bits per heavy atom. The molecule has 1 heteroatoms. The molecule has 0 radical (unpaired) electrons. The van der Waals surface area contributed by atoms with Crippen molar-refractivity contribution in [2.45, 2.75) is 49.6 Å². The minimum Gasteiger partial charge on any atom is -0.0622 e. The molecule has 1 aliphatic heterocycles. The second-order valence-corrected chi connectivity index (χ2v) is 14.2. The van der Waals surface area contributed by atoms with E-state index < -0.39 is 7.26 Å². The van der Waals surface area contributed by atoms with Crippen molar-refractivity contribution in [2.75, 3.05) is 0 Å². The van der Waals surface area contributed by atoms with Gasteiger partial charge in [-0.05, 0) is 76.8 Å². The Morgan fingerprint density at radius 3 is 1.64 bits per heavy atom. The summed E-state index contributed by atoms with van der Waals surface area (Å²) in [6.07, 6.45) is 8.72. The van der Waals surface area contributed by atoms with Crippen molar-refractivity contribution in [2.24, 2.45) is 0 Å². The van der Waals surface area contributed by atoms with Gasteiger partial charge < -0.3 is 0 Å². The molecule has 0 aromatic heterocycles. The number of aryl methyl sites for hydroxylation is 2. The van der Waals surface area contributed by atoms with Gasteiger partial charge in [-0.3, -0.25) is 0 Å². The van der Waals surface area contributed by atoms with Gasteiger partial charge in [-0.2, -0.15) is 0 Å². The van der Waals surface area contributed by atoms with Crippen LogP contribution in [0.15, 0.2) is 97.1 Å². The molecular weight excluding hydrogens is 415 g/mol. The molecule has 0 atom stereocenters. The van der Waals surface area contributed by atoms with Crippen LogP contribution in [0.5, 0.6) is 0 Å². The van der Waals surface area contributed by atoms with Gasteiger partial charge in [0.2, 0.25) is 0 Å². The van der Waals surface area contributed by atoms with Gasteiger partial charge >= 0.3 is 0 Å². The fraction of sp³-hybridized carbons (Fsp3) is 0.250. The first kappa shape index (κ1) is 19.7. The van der Waals surface area contributed by atoms with Gasteiger partial charge in [-0.25, -0.2) is 0 Å². The van der Waals surface area contributed by atoms with Gasteiger partial charge in [-0.15, -0.1) is 0 Å². The molecule has 0 saturated carbocycles. The molecular formula is C32H30P+. The highest BCUT2D eigenvalue weighted by Crippen LogP contribution is 2.69. The molecule has 1 heterocycles. The van der Waals surface area contributed by atoms with Crippen LogP contribution in [0.4, 0.5) is 0 Å². The van der Waals surface area contributed by atoms with Crippen molar-refractivity contribution in [3.8, 4) is 0 Å². The fourth-order valence-corrected chi connectivity index (χ4v) is 11.9. The summed E-state index contributed by atoms with van der Waals surface area (Å²) < 4.78 is 0. The maximum Gasteiger partial charge on any atom is 0.0950 e. The number of hydrogen-bond acceptors (Lipinski definition) is 0. The molecule has 0 bridgehead atoms. The molecule has 1 spiro atoms. The van der Waals surface area contributed by atoms with E-state index in [-0.39, 0.29) is 5.41 Å². The molecule has 2 aliphatic carbocycles. The first-order chi connectivity index (χ1) is 16.3. The molecule has 4 aromatic rings. The lowest BCUT2D eigenvalue weighted by Crippen LogP contribution is -2.29. The van der Waals surface area contributed by atoms with Crippen LogP contribution in [-0.4, -0.2) is 0 Å². The third-order valence-electron chi connectivity index (χ3n) is 8.65. The molecule has 0 nitrogen and oxygen atoms in total. The minimum absolute atomic E-state index is 0.275. The summed E-state index contributed by atoms with van der Waals surface area (Å²) >= 11 is 0. The zero-order valence-corrected chi connectivity index (χ0v) is 20.0. The SMILES string of the molecule is c1ccc(C[P+]2(c3ccccc3)Cc3cccc4c3C3(CC4)CCc4cccc(c43)C2)cc1. The Bertz CT molecular complexity index is 1270. The molecule has 7 rings (SSSR count). The zero-order valence-electron chi connectivity index (χ0n) is 19.1. The summed E-state index contributed by atoms with van der Waals surface area (Å²) in [6.45, 7) is 0. The van der Waals surface area contributed by atoms with Crippen LogP contribution in [0.2, 0.25) is 0 Å². The van der Waals surface area contributed by atoms with Gasteiger partial charge in [-0.1, -0.05) is 84.9 Å². The summed E-state index contributed by atoms with van der Waals surface area (Å²) in [4.78, 5) is 0. The molecule has 3 aliphatic rings. The summed E-state index contributed by atoms with van der Waals surface area (Å²) in [6, 6.07) is 37.3. The predicted octanol–water partition coefficient (Wildman–Crippen LogP) is 7.42. The molecule has 0 unspecified atom stereocenters. The summed E-state index contributed by atoms with van der Waals surface area (Å²) in [5.41, 5.74) is 11.8. The number of hydrogen-bond donors (Lipinski definition) is 0. The van der Waals surface area contributed by atoms with Crippen LogP contribution in [0.25, 0.3) is 0 Å².